The van der Waals surface area contributed by atoms with Crippen molar-refractivity contribution in [3.63, 3.8) is 0 Å². The van der Waals surface area contributed by atoms with Crippen LogP contribution in [-0.2, 0) is 6.42 Å². The van der Waals surface area contributed by atoms with Gasteiger partial charge >= 0.3 is 0 Å². The van der Waals surface area contributed by atoms with Crippen LogP contribution in [0.15, 0.2) is 52.4 Å². The molecule has 1 aliphatic rings. The SMILES string of the molecule is Cc1ccc(NC(=O)c2oc3c(c2C)/C(=N/NC(=O)c2ccncc2)CCC3)nc1. The smallest absolute Gasteiger partial charge is 0.292 e. The van der Waals surface area contributed by atoms with Crippen molar-refractivity contribution in [3.8, 4) is 0 Å². The van der Waals surface area contributed by atoms with Gasteiger partial charge in [-0.1, -0.05) is 6.07 Å². The molecule has 0 bridgehead atoms. The molecule has 0 unspecified atom stereocenters. The van der Waals surface area contributed by atoms with Crippen LogP contribution in [0.3, 0.4) is 0 Å². The molecule has 0 spiro atoms. The molecule has 2 N–H and O–H groups in total. The summed E-state index contributed by atoms with van der Waals surface area (Å²) < 4.78 is 5.87. The number of nitrogens with zero attached hydrogens (tertiary/aromatic N) is 3. The van der Waals surface area contributed by atoms with Crippen molar-refractivity contribution in [1.29, 1.82) is 0 Å². The zero-order valence-electron chi connectivity index (χ0n) is 16.7. The Morgan fingerprint density at radius 2 is 1.87 bits per heavy atom. The number of hydrazone groups is 1. The third-order valence-corrected chi connectivity index (χ3v) is 4.92. The lowest BCUT2D eigenvalue weighted by molar-refractivity contribution is 0.0953. The fourth-order valence-electron chi connectivity index (χ4n) is 3.40. The van der Waals surface area contributed by atoms with E-state index in [0.29, 0.717) is 41.3 Å². The maximum Gasteiger partial charge on any atom is 0.292 e. The summed E-state index contributed by atoms with van der Waals surface area (Å²) in [4.78, 5) is 33.1. The predicted octanol–water partition coefficient (Wildman–Crippen LogP) is 3.41. The van der Waals surface area contributed by atoms with Crippen LogP contribution >= 0.6 is 0 Å². The predicted molar refractivity (Wildman–Crippen MR) is 112 cm³/mol. The van der Waals surface area contributed by atoms with Crippen LogP contribution in [0.5, 0.6) is 0 Å². The van der Waals surface area contributed by atoms with E-state index in [0.717, 1.165) is 17.5 Å². The van der Waals surface area contributed by atoms with E-state index in [9.17, 15) is 9.59 Å². The number of hydrogen-bond donors (Lipinski definition) is 2. The summed E-state index contributed by atoms with van der Waals surface area (Å²) in [7, 11) is 0. The first-order chi connectivity index (χ1) is 14.5. The first-order valence-corrected chi connectivity index (χ1v) is 9.66. The largest absolute Gasteiger partial charge is 0.455 e. The van der Waals surface area contributed by atoms with E-state index in [4.69, 9.17) is 4.42 Å². The van der Waals surface area contributed by atoms with Gasteiger partial charge in [-0.15, -0.1) is 0 Å². The van der Waals surface area contributed by atoms with Crippen molar-refractivity contribution < 1.29 is 14.0 Å². The fraction of sp³-hybridized carbons (Fsp3) is 0.227. The molecule has 3 heterocycles. The number of furan rings is 1. The van der Waals surface area contributed by atoms with Gasteiger partial charge in [-0.2, -0.15) is 5.10 Å². The first-order valence-electron chi connectivity index (χ1n) is 9.66. The normalized spacial score (nSPS) is 14.3. The van der Waals surface area contributed by atoms with Gasteiger partial charge in [-0.3, -0.25) is 14.6 Å². The zero-order chi connectivity index (χ0) is 21.1. The number of nitrogens with one attached hydrogen (secondary N) is 2. The molecule has 8 heteroatoms. The van der Waals surface area contributed by atoms with E-state index < -0.39 is 0 Å². The standard InChI is InChI=1S/C22H21N5O3/c1-13-6-7-18(24-12-13)25-22(29)20-14(2)19-16(4-3-5-17(19)30-20)26-27-21(28)15-8-10-23-11-9-15/h6-12H,3-5H2,1-2H3,(H,27,28)(H,24,25,29)/b26-16+. The van der Waals surface area contributed by atoms with E-state index in [1.807, 2.05) is 19.9 Å². The lowest BCUT2D eigenvalue weighted by atomic mass is 9.93. The van der Waals surface area contributed by atoms with E-state index in [1.165, 1.54) is 0 Å². The minimum Gasteiger partial charge on any atom is -0.455 e. The molecule has 152 valence electrons. The lowest BCUT2D eigenvalue weighted by Gasteiger charge is -2.13. The molecule has 0 aliphatic heterocycles. The summed E-state index contributed by atoms with van der Waals surface area (Å²) in [5, 5.41) is 7.08. The summed E-state index contributed by atoms with van der Waals surface area (Å²) in [6, 6.07) is 6.85. The summed E-state index contributed by atoms with van der Waals surface area (Å²) in [6.45, 7) is 3.75. The van der Waals surface area contributed by atoms with Crippen LogP contribution in [0.25, 0.3) is 0 Å². The van der Waals surface area contributed by atoms with Gasteiger partial charge < -0.3 is 9.73 Å². The summed E-state index contributed by atoms with van der Waals surface area (Å²) in [5.74, 6) is 0.716. The molecular weight excluding hydrogens is 382 g/mol. The molecule has 0 atom stereocenters. The van der Waals surface area contributed by atoms with Gasteiger partial charge in [0, 0.05) is 41.7 Å². The molecule has 0 aromatic carbocycles. The molecule has 0 radical (unpaired) electrons. The second-order valence-corrected chi connectivity index (χ2v) is 7.12. The van der Waals surface area contributed by atoms with Gasteiger partial charge in [-0.25, -0.2) is 10.4 Å². The Morgan fingerprint density at radius 3 is 2.60 bits per heavy atom. The quantitative estimate of drug-likeness (QED) is 0.649. The van der Waals surface area contributed by atoms with Crippen LogP contribution in [0.4, 0.5) is 5.82 Å². The number of pyridine rings is 2. The summed E-state index contributed by atoms with van der Waals surface area (Å²) in [5.41, 5.74) is 6.26. The number of carbonyl (C=O) groups excluding carboxylic acids is 2. The third kappa shape index (κ3) is 3.98. The summed E-state index contributed by atoms with van der Waals surface area (Å²) >= 11 is 0. The van der Waals surface area contributed by atoms with Crippen LogP contribution < -0.4 is 10.7 Å². The van der Waals surface area contributed by atoms with E-state index >= 15 is 0 Å². The molecular formula is C22H21N5O3. The zero-order valence-corrected chi connectivity index (χ0v) is 16.7. The molecule has 8 nitrogen and oxygen atoms in total. The van der Waals surface area contributed by atoms with Crippen molar-refractivity contribution in [1.82, 2.24) is 15.4 Å². The lowest BCUT2D eigenvalue weighted by Crippen LogP contribution is -2.22. The number of aryl methyl sites for hydroxylation is 2. The molecule has 4 rings (SSSR count). The highest BCUT2D eigenvalue weighted by molar-refractivity contribution is 6.09. The van der Waals surface area contributed by atoms with Crippen LogP contribution in [-0.4, -0.2) is 27.5 Å². The number of anilines is 1. The highest BCUT2D eigenvalue weighted by Crippen LogP contribution is 2.30. The number of hydrogen-bond acceptors (Lipinski definition) is 6. The Morgan fingerprint density at radius 1 is 1.07 bits per heavy atom. The molecule has 0 saturated heterocycles. The minimum atomic E-state index is -0.363. The van der Waals surface area contributed by atoms with Crippen LogP contribution in [0.2, 0.25) is 0 Å². The van der Waals surface area contributed by atoms with Gasteiger partial charge in [0.1, 0.15) is 11.6 Å². The molecule has 2 amide bonds. The molecule has 0 saturated carbocycles. The third-order valence-electron chi connectivity index (χ3n) is 4.92. The Kier molecular flexibility index (Phi) is 5.38. The Hall–Kier alpha value is -3.81. The van der Waals surface area contributed by atoms with Gasteiger partial charge in [0.15, 0.2) is 5.76 Å². The monoisotopic (exact) mass is 403 g/mol. The highest BCUT2D eigenvalue weighted by atomic mass is 16.4. The average Bonchev–Trinajstić information content (AvgIpc) is 3.11. The Labute approximate surface area is 173 Å². The molecule has 30 heavy (non-hydrogen) atoms. The van der Waals surface area contributed by atoms with Crippen LogP contribution in [0.1, 0.15) is 56.2 Å². The number of fused-ring (bicyclic) bond motifs is 1. The van der Waals surface area contributed by atoms with Crippen molar-refractivity contribution in [2.75, 3.05) is 5.32 Å². The number of amides is 2. The average molecular weight is 403 g/mol. The fourth-order valence-corrected chi connectivity index (χ4v) is 3.40. The first kappa shape index (κ1) is 19.5. The topological polar surface area (TPSA) is 109 Å². The van der Waals surface area contributed by atoms with Gasteiger partial charge in [0.25, 0.3) is 11.8 Å². The second kappa shape index (κ2) is 8.28. The number of aromatic nitrogens is 2. The minimum absolute atomic E-state index is 0.234. The maximum absolute atomic E-state index is 12.7. The van der Waals surface area contributed by atoms with E-state index in [-0.39, 0.29) is 17.6 Å². The Balaban J connectivity index is 1.56. The van der Waals surface area contributed by atoms with E-state index in [2.05, 4.69) is 25.8 Å². The van der Waals surface area contributed by atoms with Crippen molar-refractivity contribution in [3.05, 3.63) is 76.6 Å². The number of rotatable bonds is 4. The van der Waals surface area contributed by atoms with Crippen LogP contribution in [0, 0.1) is 13.8 Å². The van der Waals surface area contributed by atoms with Crippen molar-refractivity contribution >= 4 is 23.3 Å². The second-order valence-electron chi connectivity index (χ2n) is 7.12. The Bertz CT molecular complexity index is 1120. The molecule has 1 aliphatic carbocycles. The molecule has 3 aromatic heterocycles. The van der Waals surface area contributed by atoms with Crippen molar-refractivity contribution in [2.24, 2.45) is 5.10 Å². The van der Waals surface area contributed by atoms with Crippen molar-refractivity contribution in [2.45, 2.75) is 33.1 Å². The van der Waals surface area contributed by atoms with Gasteiger partial charge in [0.2, 0.25) is 0 Å². The van der Waals surface area contributed by atoms with Gasteiger partial charge in [-0.05, 0) is 50.5 Å². The highest BCUT2D eigenvalue weighted by Gasteiger charge is 2.28. The summed E-state index contributed by atoms with van der Waals surface area (Å²) in [6.07, 6.45) is 7.01. The number of carbonyl (C=O) groups is 2. The molecule has 3 aromatic rings. The molecule has 0 fully saturated rings. The van der Waals surface area contributed by atoms with Gasteiger partial charge in [0.05, 0.1) is 5.71 Å². The van der Waals surface area contributed by atoms with E-state index in [1.54, 1.807) is 36.8 Å². The maximum atomic E-state index is 12.7.